The van der Waals surface area contributed by atoms with Crippen molar-refractivity contribution in [2.24, 2.45) is 5.73 Å². The van der Waals surface area contributed by atoms with Gasteiger partial charge in [0, 0.05) is 13.1 Å². The Labute approximate surface area is 90.3 Å². The first-order valence-electron chi connectivity index (χ1n) is 5.36. The van der Waals surface area contributed by atoms with Crippen LogP contribution in [0.2, 0.25) is 0 Å². The van der Waals surface area contributed by atoms with Crippen LogP contribution in [-0.2, 0) is 13.1 Å². The molecule has 1 heterocycles. The third-order valence-corrected chi connectivity index (χ3v) is 2.35. The van der Waals surface area contributed by atoms with Gasteiger partial charge in [0.2, 0.25) is 0 Å². The van der Waals surface area contributed by atoms with Crippen LogP contribution in [0.5, 0.6) is 0 Å². The number of hydrogen-bond donors (Lipinski definition) is 2. The fourth-order valence-electron chi connectivity index (χ4n) is 1.61. The minimum absolute atomic E-state index is 0.310. The normalized spacial score (nSPS) is 13.5. The summed E-state index contributed by atoms with van der Waals surface area (Å²) in [7, 11) is 0. The van der Waals surface area contributed by atoms with E-state index >= 15 is 0 Å². The van der Waals surface area contributed by atoms with Gasteiger partial charge in [-0.2, -0.15) is 0 Å². The lowest BCUT2D eigenvalue weighted by Crippen LogP contribution is -2.13. The molecular formula is C10H20N4O. The lowest BCUT2D eigenvalue weighted by Gasteiger charge is -2.11. The van der Waals surface area contributed by atoms with Crippen molar-refractivity contribution in [2.45, 2.75) is 52.3 Å². The number of nitrogens with two attached hydrogens (primary N) is 1. The molecule has 3 N–H and O–H groups in total. The van der Waals surface area contributed by atoms with Crippen LogP contribution in [0.25, 0.3) is 0 Å². The van der Waals surface area contributed by atoms with Gasteiger partial charge in [-0.05, 0) is 19.3 Å². The molecule has 86 valence electrons. The van der Waals surface area contributed by atoms with Gasteiger partial charge in [-0.1, -0.05) is 19.1 Å². The third-order valence-electron chi connectivity index (χ3n) is 2.35. The average Bonchev–Trinajstić information content (AvgIpc) is 2.57. The first-order chi connectivity index (χ1) is 7.06. The number of hydrogen-bond acceptors (Lipinski definition) is 4. The van der Waals surface area contributed by atoms with Crippen molar-refractivity contribution in [3.8, 4) is 0 Å². The van der Waals surface area contributed by atoms with Gasteiger partial charge in [0.15, 0.2) is 0 Å². The molecule has 0 amide bonds. The standard InChI is InChI=1S/C10H20N4O/c1-7(2)10-9(6-11)12-13-14(10)5-4-8(3)15/h7-8,15H,4-6,11H2,1-3H3. The molecule has 0 aliphatic heterocycles. The van der Waals surface area contributed by atoms with Crippen LogP contribution in [0, 0.1) is 0 Å². The zero-order valence-corrected chi connectivity index (χ0v) is 9.64. The van der Waals surface area contributed by atoms with Crippen molar-refractivity contribution >= 4 is 0 Å². The topological polar surface area (TPSA) is 77.0 Å². The Morgan fingerprint density at radius 2 is 2.07 bits per heavy atom. The molecule has 0 aliphatic carbocycles. The molecule has 0 radical (unpaired) electrons. The molecule has 1 unspecified atom stereocenters. The Bertz CT molecular complexity index is 306. The maximum absolute atomic E-state index is 9.22. The van der Waals surface area contributed by atoms with Crippen molar-refractivity contribution in [1.82, 2.24) is 15.0 Å². The van der Waals surface area contributed by atoms with Crippen LogP contribution in [0.3, 0.4) is 0 Å². The van der Waals surface area contributed by atoms with E-state index in [9.17, 15) is 5.11 Å². The van der Waals surface area contributed by atoms with Crippen LogP contribution in [0.1, 0.15) is 44.5 Å². The Balaban J connectivity index is 2.82. The second-order valence-corrected chi connectivity index (χ2v) is 4.14. The fraction of sp³-hybridized carbons (Fsp3) is 0.800. The van der Waals surface area contributed by atoms with E-state index in [2.05, 4.69) is 24.2 Å². The van der Waals surface area contributed by atoms with Gasteiger partial charge in [0.1, 0.15) is 0 Å². The van der Waals surface area contributed by atoms with Gasteiger partial charge in [-0.3, -0.25) is 0 Å². The Morgan fingerprint density at radius 3 is 2.53 bits per heavy atom. The zero-order valence-electron chi connectivity index (χ0n) is 9.64. The number of aliphatic hydroxyl groups is 1. The summed E-state index contributed by atoms with van der Waals surface area (Å²) in [5.41, 5.74) is 7.53. The first kappa shape index (κ1) is 12.1. The number of rotatable bonds is 5. The lowest BCUT2D eigenvalue weighted by molar-refractivity contribution is 0.175. The summed E-state index contributed by atoms with van der Waals surface area (Å²) in [5, 5.41) is 17.3. The molecule has 5 nitrogen and oxygen atoms in total. The smallest absolute Gasteiger partial charge is 0.0997 e. The molecule has 0 spiro atoms. The number of nitrogens with zero attached hydrogens (tertiary/aromatic N) is 3. The van der Waals surface area contributed by atoms with Gasteiger partial charge in [0.05, 0.1) is 17.5 Å². The molecule has 5 heteroatoms. The molecule has 0 aliphatic rings. The largest absolute Gasteiger partial charge is 0.393 e. The number of aryl methyl sites for hydroxylation is 1. The van der Waals surface area contributed by atoms with E-state index in [-0.39, 0.29) is 6.10 Å². The van der Waals surface area contributed by atoms with E-state index < -0.39 is 0 Å². The van der Waals surface area contributed by atoms with Crippen molar-refractivity contribution in [1.29, 1.82) is 0 Å². The minimum atomic E-state index is -0.310. The quantitative estimate of drug-likeness (QED) is 0.750. The molecule has 1 aromatic rings. The highest BCUT2D eigenvalue weighted by molar-refractivity contribution is 5.13. The molecule has 1 rings (SSSR count). The van der Waals surface area contributed by atoms with Crippen LogP contribution < -0.4 is 5.73 Å². The summed E-state index contributed by atoms with van der Waals surface area (Å²) in [4.78, 5) is 0. The summed E-state index contributed by atoms with van der Waals surface area (Å²) < 4.78 is 1.85. The average molecular weight is 212 g/mol. The van der Waals surface area contributed by atoms with Crippen molar-refractivity contribution in [2.75, 3.05) is 0 Å². The molecule has 0 saturated carbocycles. The van der Waals surface area contributed by atoms with E-state index in [1.165, 1.54) is 0 Å². The van der Waals surface area contributed by atoms with Crippen LogP contribution in [0.15, 0.2) is 0 Å². The van der Waals surface area contributed by atoms with Crippen molar-refractivity contribution < 1.29 is 5.11 Å². The Morgan fingerprint density at radius 1 is 1.40 bits per heavy atom. The van der Waals surface area contributed by atoms with Gasteiger partial charge in [-0.15, -0.1) is 5.10 Å². The van der Waals surface area contributed by atoms with Gasteiger partial charge in [-0.25, -0.2) is 4.68 Å². The fourth-order valence-corrected chi connectivity index (χ4v) is 1.61. The first-order valence-corrected chi connectivity index (χ1v) is 5.36. The maximum atomic E-state index is 9.22. The second kappa shape index (κ2) is 5.23. The van der Waals surface area contributed by atoms with Crippen LogP contribution in [0.4, 0.5) is 0 Å². The summed E-state index contributed by atoms with van der Waals surface area (Å²) in [6.45, 7) is 7.07. The Hall–Kier alpha value is -0.940. The molecular weight excluding hydrogens is 192 g/mol. The summed E-state index contributed by atoms with van der Waals surface area (Å²) in [6, 6.07) is 0. The van der Waals surface area contributed by atoms with Gasteiger partial charge < -0.3 is 10.8 Å². The Kier molecular flexibility index (Phi) is 4.23. The van der Waals surface area contributed by atoms with E-state index in [0.717, 1.165) is 11.4 Å². The predicted molar refractivity (Wildman–Crippen MR) is 58.3 cm³/mol. The summed E-state index contributed by atoms with van der Waals surface area (Å²) in [6.07, 6.45) is 0.378. The van der Waals surface area contributed by atoms with E-state index in [4.69, 9.17) is 5.73 Å². The van der Waals surface area contributed by atoms with E-state index in [0.29, 0.717) is 25.4 Å². The highest BCUT2D eigenvalue weighted by Crippen LogP contribution is 2.17. The molecule has 1 atom stereocenters. The molecule has 0 aromatic carbocycles. The highest BCUT2D eigenvalue weighted by Gasteiger charge is 2.14. The molecule has 0 fully saturated rings. The van der Waals surface area contributed by atoms with Gasteiger partial charge in [0.25, 0.3) is 0 Å². The zero-order chi connectivity index (χ0) is 11.4. The van der Waals surface area contributed by atoms with Crippen molar-refractivity contribution in [3.05, 3.63) is 11.4 Å². The van der Waals surface area contributed by atoms with Crippen LogP contribution >= 0.6 is 0 Å². The summed E-state index contributed by atoms with van der Waals surface area (Å²) >= 11 is 0. The lowest BCUT2D eigenvalue weighted by atomic mass is 10.1. The SMILES string of the molecule is CC(O)CCn1nnc(CN)c1C(C)C. The van der Waals surface area contributed by atoms with E-state index in [1.807, 2.05) is 4.68 Å². The van der Waals surface area contributed by atoms with Crippen molar-refractivity contribution in [3.63, 3.8) is 0 Å². The molecule has 0 bridgehead atoms. The van der Waals surface area contributed by atoms with Gasteiger partial charge >= 0.3 is 0 Å². The molecule has 0 saturated heterocycles. The number of aromatic nitrogens is 3. The predicted octanol–water partition coefficient (Wildman–Crippen LogP) is 0.631. The number of aliphatic hydroxyl groups excluding tert-OH is 1. The molecule has 1 aromatic heterocycles. The summed E-state index contributed by atoms with van der Waals surface area (Å²) in [5.74, 6) is 0.354. The minimum Gasteiger partial charge on any atom is -0.393 e. The maximum Gasteiger partial charge on any atom is 0.0997 e. The third kappa shape index (κ3) is 3.00. The van der Waals surface area contributed by atoms with E-state index in [1.54, 1.807) is 6.92 Å². The van der Waals surface area contributed by atoms with Crippen LogP contribution in [-0.4, -0.2) is 26.2 Å². The monoisotopic (exact) mass is 212 g/mol. The molecule has 15 heavy (non-hydrogen) atoms. The second-order valence-electron chi connectivity index (χ2n) is 4.14. The highest BCUT2D eigenvalue weighted by atomic mass is 16.3.